The van der Waals surface area contributed by atoms with Gasteiger partial charge in [0.05, 0.1) is 16.0 Å². The molecule has 0 fully saturated rings. The van der Waals surface area contributed by atoms with Crippen LogP contribution < -0.4 is 5.73 Å². The van der Waals surface area contributed by atoms with Crippen molar-refractivity contribution in [3.05, 3.63) is 82.2 Å². The predicted molar refractivity (Wildman–Crippen MR) is 113 cm³/mol. The molecule has 138 valence electrons. The molecule has 6 heteroatoms. The SMILES string of the molecule is NC(=O)c1c(-c2scc(-c3ccc(Cl)cc3)c2C(=O)O)ccc2ccccc12. The summed E-state index contributed by atoms with van der Waals surface area (Å²) in [6, 6.07) is 18.0. The standard InChI is InChI=1S/C22H14ClNO3S/c23-14-8-5-13(6-9-14)17-11-28-20(19(17)22(26)27)16-10-7-12-3-1-2-4-15(12)18(16)21(24)25/h1-11H,(H2,24,25)(H,26,27). The number of carbonyl (C=O) groups is 2. The number of carboxylic acid groups (broad SMARTS) is 1. The van der Waals surface area contributed by atoms with Crippen LogP contribution in [0.3, 0.4) is 0 Å². The zero-order valence-corrected chi connectivity index (χ0v) is 16.1. The van der Waals surface area contributed by atoms with Gasteiger partial charge in [0.25, 0.3) is 0 Å². The lowest BCUT2D eigenvalue weighted by molar-refractivity contribution is 0.0698. The molecule has 28 heavy (non-hydrogen) atoms. The van der Waals surface area contributed by atoms with Crippen LogP contribution in [0, 0.1) is 0 Å². The highest BCUT2D eigenvalue weighted by Crippen LogP contribution is 2.41. The molecule has 1 heterocycles. The van der Waals surface area contributed by atoms with E-state index in [2.05, 4.69) is 0 Å². The van der Waals surface area contributed by atoms with Gasteiger partial charge < -0.3 is 10.8 Å². The average molecular weight is 408 g/mol. The van der Waals surface area contributed by atoms with E-state index in [1.165, 1.54) is 11.3 Å². The number of benzene rings is 3. The minimum atomic E-state index is -1.07. The Kier molecular flexibility index (Phi) is 4.63. The molecule has 0 aliphatic carbocycles. The largest absolute Gasteiger partial charge is 0.478 e. The zero-order valence-electron chi connectivity index (χ0n) is 14.5. The average Bonchev–Trinajstić information content (AvgIpc) is 3.12. The van der Waals surface area contributed by atoms with Gasteiger partial charge in [0.1, 0.15) is 0 Å². The summed E-state index contributed by atoms with van der Waals surface area (Å²) in [5, 5.41) is 13.8. The second-order valence-electron chi connectivity index (χ2n) is 6.24. The maximum absolute atomic E-state index is 12.3. The van der Waals surface area contributed by atoms with E-state index in [1.807, 2.05) is 30.3 Å². The Labute approximate surface area is 169 Å². The minimum Gasteiger partial charge on any atom is -0.478 e. The molecule has 4 rings (SSSR count). The summed E-state index contributed by atoms with van der Waals surface area (Å²) >= 11 is 7.22. The highest BCUT2D eigenvalue weighted by molar-refractivity contribution is 7.14. The molecule has 0 saturated heterocycles. The normalized spacial score (nSPS) is 10.9. The van der Waals surface area contributed by atoms with E-state index in [4.69, 9.17) is 17.3 Å². The molecular formula is C22H14ClNO3S. The quantitative estimate of drug-likeness (QED) is 0.456. The van der Waals surface area contributed by atoms with E-state index >= 15 is 0 Å². The van der Waals surface area contributed by atoms with Crippen LogP contribution >= 0.6 is 22.9 Å². The van der Waals surface area contributed by atoms with Crippen molar-refractivity contribution >= 4 is 45.6 Å². The first-order valence-corrected chi connectivity index (χ1v) is 9.66. The summed E-state index contributed by atoms with van der Waals surface area (Å²) in [7, 11) is 0. The van der Waals surface area contributed by atoms with E-state index in [-0.39, 0.29) is 5.56 Å². The summed E-state index contributed by atoms with van der Waals surface area (Å²) in [5.74, 6) is -1.66. The van der Waals surface area contributed by atoms with Crippen molar-refractivity contribution in [2.75, 3.05) is 0 Å². The van der Waals surface area contributed by atoms with Gasteiger partial charge in [-0.25, -0.2) is 4.79 Å². The first kappa shape index (κ1) is 18.2. The number of nitrogens with two attached hydrogens (primary N) is 1. The van der Waals surface area contributed by atoms with Crippen LogP contribution in [0.2, 0.25) is 5.02 Å². The lowest BCUT2D eigenvalue weighted by atomic mass is 9.94. The Morgan fingerprint density at radius 2 is 1.61 bits per heavy atom. The number of fused-ring (bicyclic) bond motifs is 1. The van der Waals surface area contributed by atoms with Crippen molar-refractivity contribution in [2.45, 2.75) is 0 Å². The molecule has 0 atom stereocenters. The molecule has 0 aliphatic heterocycles. The molecule has 1 amide bonds. The summed E-state index contributed by atoms with van der Waals surface area (Å²) in [6.07, 6.45) is 0. The van der Waals surface area contributed by atoms with Crippen LogP contribution in [-0.2, 0) is 0 Å². The lowest BCUT2D eigenvalue weighted by Crippen LogP contribution is -2.13. The number of rotatable bonds is 4. The van der Waals surface area contributed by atoms with Gasteiger partial charge in [-0.2, -0.15) is 0 Å². The van der Waals surface area contributed by atoms with Gasteiger partial charge in [0, 0.05) is 21.5 Å². The van der Waals surface area contributed by atoms with Gasteiger partial charge in [-0.15, -0.1) is 11.3 Å². The Balaban J connectivity index is 2.00. The van der Waals surface area contributed by atoms with Crippen LogP contribution in [0.15, 0.2) is 66.0 Å². The van der Waals surface area contributed by atoms with Gasteiger partial charge >= 0.3 is 5.97 Å². The molecule has 0 saturated carbocycles. The van der Waals surface area contributed by atoms with E-state index in [1.54, 1.807) is 35.7 Å². The molecule has 3 aromatic carbocycles. The molecule has 0 bridgehead atoms. The van der Waals surface area contributed by atoms with Crippen molar-refractivity contribution in [2.24, 2.45) is 5.73 Å². The second-order valence-corrected chi connectivity index (χ2v) is 7.56. The number of halogens is 1. The third kappa shape index (κ3) is 3.05. The summed E-state index contributed by atoms with van der Waals surface area (Å²) in [5.41, 5.74) is 7.99. The highest BCUT2D eigenvalue weighted by atomic mass is 35.5. The van der Waals surface area contributed by atoms with Crippen LogP contribution in [-0.4, -0.2) is 17.0 Å². The molecule has 0 unspecified atom stereocenters. The third-order valence-electron chi connectivity index (χ3n) is 4.58. The van der Waals surface area contributed by atoms with Crippen molar-refractivity contribution in [3.8, 4) is 21.6 Å². The van der Waals surface area contributed by atoms with E-state index in [0.717, 1.165) is 10.9 Å². The number of hydrogen-bond donors (Lipinski definition) is 2. The second kappa shape index (κ2) is 7.11. The molecule has 0 radical (unpaired) electrons. The smallest absolute Gasteiger partial charge is 0.337 e. The zero-order chi connectivity index (χ0) is 19.8. The van der Waals surface area contributed by atoms with Crippen molar-refractivity contribution in [3.63, 3.8) is 0 Å². The number of carboxylic acids is 1. The van der Waals surface area contributed by atoms with Gasteiger partial charge in [-0.05, 0) is 28.5 Å². The maximum Gasteiger partial charge on any atom is 0.337 e. The van der Waals surface area contributed by atoms with Crippen LogP contribution in [0.4, 0.5) is 0 Å². The fraction of sp³-hybridized carbons (Fsp3) is 0. The van der Waals surface area contributed by atoms with Crippen LogP contribution in [0.25, 0.3) is 32.3 Å². The fourth-order valence-corrected chi connectivity index (χ4v) is 4.56. The van der Waals surface area contributed by atoms with Crippen molar-refractivity contribution in [1.29, 1.82) is 0 Å². The summed E-state index contributed by atoms with van der Waals surface area (Å²) in [6.45, 7) is 0. The minimum absolute atomic E-state index is 0.144. The monoisotopic (exact) mass is 407 g/mol. The molecule has 4 nitrogen and oxygen atoms in total. The highest BCUT2D eigenvalue weighted by Gasteiger charge is 2.24. The van der Waals surface area contributed by atoms with Crippen molar-refractivity contribution < 1.29 is 14.7 Å². The Bertz CT molecular complexity index is 1230. The number of hydrogen-bond acceptors (Lipinski definition) is 3. The van der Waals surface area contributed by atoms with Gasteiger partial charge in [0.2, 0.25) is 5.91 Å². The van der Waals surface area contributed by atoms with E-state index in [0.29, 0.717) is 32.0 Å². The Morgan fingerprint density at radius 1 is 0.893 bits per heavy atom. The number of aromatic carboxylic acids is 1. The van der Waals surface area contributed by atoms with Crippen molar-refractivity contribution in [1.82, 2.24) is 0 Å². The first-order valence-electron chi connectivity index (χ1n) is 8.40. The van der Waals surface area contributed by atoms with E-state index in [9.17, 15) is 14.7 Å². The molecule has 0 aliphatic rings. The Hall–Kier alpha value is -3.15. The molecule has 4 aromatic rings. The molecule has 3 N–H and O–H groups in total. The first-order chi connectivity index (χ1) is 13.5. The Morgan fingerprint density at radius 3 is 2.29 bits per heavy atom. The summed E-state index contributed by atoms with van der Waals surface area (Å²) < 4.78 is 0. The van der Waals surface area contributed by atoms with Gasteiger partial charge in [0.15, 0.2) is 0 Å². The molecule has 1 aromatic heterocycles. The van der Waals surface area contributed by atoms with Gasteiger partial charge in [-0.3, -0.25) is 4.79 Å². The number of carbonyl (C=O) groups excluding carboxylic acids is 1. The van der Waals surface area contributed by atoms with E-state index < -0.39 is 11.9 Å². The lowest BCUT2D eigenvalue weighted by Gasteiger charge is -2.11. The fourth-order valence-electron chi connectivity index (χ4n) is 3.34. The number of primary amides is 1. The van der Waals surface area contributed by atoms with Gasteiger partial charge in [-0.1, -0.05) is 60.1 Å². The third-order valence-corrected chi connectivity index (χ3v) is 5.85. The molecule has 0 spiro atoms. The number of amides is 1. The number of thiophene rings is 1. The summed E-state index contributed by atoms with van der Waals surface area (Å²) in [4.78, 5) is 24.9. The maximum atomic E-state index is 12.3. The topological polar surface area (TPSA) is 80.4 Å². The predicted octanol–water partition coefficient (Wildman–Crippen LogP) is 5.69. The molecular weight excluding hydrogens is 394 g/mol. The van der Waals surface area contributed by atoms with Crippen LogP contribution in [0.5, 0.6) is 0 Å². The van der Waals surface area contributed by atoms with Crippen LogP contribution in [0.1, 0.15) is 20.7 Å².